The summed E-state index contributed by atoms with van der Waals surface area (Å²) in [5.41, 5.74) is 0.598. The minimum Gasteiger partial charge on any atom is -0.342 e. The Hall–Kier alpha value is -2.24. The van der Waals surface area contributed by atoms with E-state index in [9.17, 15) is 9.18 Å². The number of nitrogens with zero attached hydrogens (tertiary/aromatic N) is 3. The second kappa shape index (κ2) is 6.00. The van der Waals surface area contributed by atoms with E-state index in [1.54, 1.807) is 12.1 Å². The van der Waals surface area contributed by atoms with E-state index in [0.29, 0.717) is 29.7 Å². The molecule has 2 aliphatic rings. The molecule has 0 N–H and O–H groups in total. The lowest BCUT2D eigenvalue weighted by Gasteiger charge is -2.31. The number of carbonyl (C=O) groups excluding carboxylic acids is 1. The van der Waals surface area contributed by atoms with Gasteiger partial charge < -0.3 is 9.42 Å². The maximum Gasteiger partial charge on any atom is 0.231 e. The number of hydrogen-bond donors (Lipinski definition) is 0. The molecule has 0 unspecified atom stereocenters. The summed E-state index contributed by atoms with van der Waals surface area (Å²) in [6.07, 6.45) is 2.87. The van der Waals surface area contributed by atoms with Gasteiger partial charge in [0.2, 0.25) is 17.6 Å². The molecule has 1 aromatic carbocycles. The van der Waals surface area contributed by atoms with Gasteiger partial charge in [0.05, 0.1) is 5.92 Å². The molecule has 1 saturated carbocycles. The van der Waals surface area contributed by atoms with Crippen LogP contribution in [0.4, 0.5) is 4.39 Å². The molecule has 2 fully saturated rings. The number of amides is 1. The van der Waals surface area contributed by atoms with Gasteiger partial charge in [0.25, 0.3) is 0 Å². The molecule has 1 aliphatic heterocycles. The smallest absolute Gasteiger partial charge is 0.231 e. The summed E-state index contributed by atoms with van der Waals surface area (Å²) in [4.78, 5) is 18.8. The number of likely N-dealkylation sites (tertiary alicyclic amines) is 1. The Labute approximate surface area is 139 Å². The highest BCUT2D eigenvalue weighted by Gasteiger charge is 2.42. The fourth-order valence-electron chi connectivity index (χ4n) is 3.43. The Morgan fingerprint density at radius 2 is 2.25 bits per heavy atom. The van der Waals surface area contributed by atoms with Crippen molar-refractivity contribution in [1.29, 1.82) is 0 Å². The van der Waals surface area contributed by atoms with Gasteiger partial charge in [-0.1, -0.05) is 24.2 Å². The van der Waals surface area contributed by atoms with Gasteiger partial charge in [-0.15, -0.1) is 0 Å². The molecule has 126 valence electrons. The molecule has 3 atom stereocenters. The van der Waals surface area contributed by atoms with Gasteiger partial charge >= 0.3 is 0 Å². The quantitative estimate of drug-likeness (QED) is 0.867. The lowest BCUT2D eigenvalue weighted by Crippen LogP contribution is -2.40. The van der Waals surface area contributed by atoms with Crippen molar-refractivity contribution in [2.75, 3.05) is 13.1 Å². The number of hydrogen-bond acceptors (Lipinski definition) is 4. The molecule has 0 bridgehead atoms. The molecule has 1 saturated heterocycles. The van der Waals surface area contributed by atoms with Gasteiger partial charge in [0.15, 0.2) is 0 Å². The van der Waals surface area contributed by atoms with Gasteiger partial charge in [-0.2, -0.15) is 4.98 Å². The summed E-state index contributed by atoms with van der Waals surface area (Å²) in [5, 5.41) is 3.98. The van der Waals surface area contributed by atoms with E-state index in [1.807, 2.05) is 4.90 Å². The summed E-state index contributed by atoms with van der Waals surface area (Å²) in [7, 11) is 0. The molecule has 24 heavy (non-hydrogen) atoms. The van der Waals surface area contributed by atoms with E-state index in [1.165, 1.54) is 12.1 Å². The number of halogens is 1. The lowest BCUT2D eigenvalue weighted by molar-refractivity contribution is -0.134. The SMILES string of the molecule is C[C@@H]1C[C@@H]1C(=O)N1CCC[C@@H](c2nc(-c3cccc(F)c3)no2)C1. The standard InChI is InChI=1S/C18H20FN3O2/c1-11-8-15(11)18(23)22-7-3-5-13(10-22)17-20-16(21-24-17)12-4-2-6-14(19)9-12/h2,4,6,9,11,13,15H,3,5,7-8,10H2,1H3/t11-,13-,15+/m1/s1. The molecule has 2 heterocycles. The van der Waals surface area contributed by atoms with Crippen LogP contribution >= 0.6 is 0 Å². The molecule has 4 rings (SSSR count). The van der Waals surface area contributed by atoms with Crippen LogP contribution in [0, 0.1) is 17.7 Å². The topological polar surface area (TPSA) is 59.2 Å². The second-order valence-electron chi connectivity index (χ2n) is 6.91. The van der Waals surface area contributed by atoms with Crippen LogP contribution in [0.2, 0.25) is 0 Å². The fourth-order valence-corrected chi connectivity index (χ4v) is 3.43. The van der Waals surface area contributed by atoms with Gasteiger partial charge in [0.1, 0.15) is 5.82 Å². The van der Waals surface area contributed by atoms with Crippen molar-refractivity contribution in [3.63, 3.8) is 0 Å². The maximum atomic E-state index is 13.3. The molecule has 2 aromatic rings. The predicted molar refractivity (Wildman–Crippen MR) is 85.5 cm³/mol. The summed E-state index contributed by atoms with van der Waals surface area (Å²) in [5.74, 6) is 1.64. The lowest BCUT2D eigenvalue weighted by atomic mass is 9.97. The monoisotopic (exact) mass is 329 g/mol. The number of benzene rings is 1. The van der Waals surface area contributed by atoms with Crippen molar-refractivity contribution in [2.45, 2.75) is 32.1 Å². The highest BCUT2D eigenvalue weighted by molar-refractivity contribution is 5.81. The Kier molecular flexibility index (Phi) is 3.82. The van der Waals surface area contributed by atoms with Gasteiger partial charge in [0, 0.05) is 24.6 Å². The maximum absolute atomic E-state index is 13.3. The van der Waals surface area contributed by atoms with Crippen molar-refractivity contribution in [3.8, 4) is 11.4 Å². The highest BCUT2D eigenvalue weighted by Crippen LogP contribution is 2.40. The molecule has 6 heteroatoms. The first kappa shape index (κ1) is 15.3. The third-order valence-electron chi connectivity index (χ3n) is 5.03. The molecule has 1 aromatic heterocycles. The molecule has 1 amide bonds. The first-order valence-corrected chi connectivity index (χ1v) is 8.50. The summed E-state index contributed by atoms with van der Waals surface area (Å²) >= 11 is 0. The van der Waals surface area contributed by atoms with Crippen LogP contribution < -0.4 is 0 Å². The third kappa shape index (κ3) is 2.92. The van der Waals surface area contributed by atoms with Crippen LogP contribution in [0.1, 0.15) is 38.0 Å². The summed E-state index contributed by atoms with van der Waals surface area (Å²) in [6.45, 7) is 3.56. The number of aromatic nitrogens is 2. The van der Waals surface area contributed by atoms with E-state index in [-0.39, 0.29) is 23.6 Å². The van der Waals surface area contributed by atoms with E-state index in [2.05, 4.69) is 17.1 Å². The zero-order valence-corrected chi connectivity index (χ0v) is 13.6. The number of piperidine rings is 1. The minimum atomic E-state index is -0.327. The zero-order chi connectivity index (χ0) is 16.7. The predicted octanol–water partition coefficient (Wildman–Crippen LogP) is 3.24. The molecule has 0 radical (unpaired) electrons. The largest absolute Gasteiger partial charge is 0.342 e. The normalized spacial score (nSPS) is 26.4. The van der Waals surface area contributed by atoms with Crippen molar-refractivity contribution in [1.82, 2.24) is 15.0 Å². The molecular weight excluding hydrogens is 309 g/mol. The van der Waals surface area contributed by atoms with Gasteiger partial charge in [-0.05, 0) is 37.3 Å². The average molecular weight is 329 g/mol. The summed E-state index contributed by atoms with van der Waals surface area (Å²) in [6, 6.07) is 6.15. The minimum absolute atomic E-state index is 0.0616. The van der Waals surface area contributed by atoms with E-state index in [4.69, 9.17) is 4.52 Å². The van der Waals surface area contributed by atoms with Crippen molar-refractivity contribution >= 4 is 5.91 Å². The van der Waals surface area contributed by atoms with Crippen molar-refractivity contribution in [3.05, 3.63) is 36.0 Å². The Bertz CT molecular complexity index is 760. The second-order valence-corrected chi connectivity index (χ2v) is 6.91. The van der Waals surface area contributed by atoms with Crippen LogP contribution in [-0.4, -0.2) is 34.0 Å². The Morgan fingerprint density at radius 3 is 3.00 bits per heavy atom. The summed E-state index contributed by atoms with van der Waals surface area (Å²) < 4.78 is 18.7. The van der Waals surface area contributed by atoms with Crippen LogP contribution in [-0.2, 0) is 4.79 Å². The van der Waals surface area contributed by atoms with Gasteiger partial charge in [-0.3, -0.25) is 4.79 Å². The van der Waals surface area contributed by atoms with Gasteiger partial charge in [-0.25, -0.2) is 4.39 Å². The Morgan fingerprint density at radius 1 is 1.42 bits per heavy atom. The number of rotatable bonds is 3. The molecule has 5 nitrogen and oxygen atoms in total. The first-order valence-electron chi connectivity index (χ1n) is 8.50. The highest BCUT2D eigenvalue weighted by atomic mass is 19.1. The molecular formula is C18H20FN3O2. The van der Waals surface area contributed by atoms with Crippen LogP contribution in [0.15, 0.2) is 28.8 Å². The first-order chi connectivity index (χ1) is 11.6. The van der Waals surface area contributed by atoms with Crippen molar-refractivity contribution in [2.24, 2.45) is 11.8 Å². The number of carbonyl (C=O) groups is 1. The fraction of sp³-hybridized carbons (Fsp3) is 0.500. The zero-order valence-electron chi connectivity index (χ0n) is 13.6. The Balaban J connectivity index is 1.48. The van der Waals surface area contributed by atoms with E-state index < -0.39 is 0 Å². The van der Waals surface area contributed by atoms with Crippen LogP contribution in [0.5, 0.6) is 0 Å². The van der Waals surface area contributed by atoms with Crippen molar-refractivity contribution < 1.29 is 13.7 Å². The molecule has 1 aliphatic carbocycles. The van der Waals surface area contributed by atoms with E-state index >= 15 is 0 Å². The molecule has 0 spiro atoms. The van der Waals surface area contributed by atoms with Crippen LogP contribution in [0.3, 0.4) is 0 Å². The van der Waals surface area contributed by atoms with Crippen LogP contribution in [0.25, 0.3) is 11.4 Å². The third-order valence-corrected chi connectivity index (χ3v) is 5.03. The van der Waals surface area contributed by atoms with E-state index in [0.717, 1.165) is 25.8 Å². The average Bonchev–Trinajstić information content (AvgIpc) is 3.12.